The van der Waals surface area contributed by atoms with Gasteiger partial charge in [0.05, 0.1) is 5.69 Å². The molecule has 2 aromatic heterocycles. The molecule has 0 saturated heterocycles. The van der Waals surface area contributed by atoms with Gasteiger partial charge in [0.15, 0.2) is 5.13 Å². The van der Waals surface area contributed by atoms with E-state index < -0.39 is 0 Å². The lowest BCUT2D eigenvalue weighted by molar-refractivity contribution is -0.122. The largest absolute Gasteiger partial charge is 0.312 e. The first kappa shape index (κ1) is 19.9. The Labute approximate surface area is 185 Å². The summed E-state index contributed by atoms with van der Waals surface area (Å²) in [6, 6.07) is 9.58. The van der Waals surface area contributed by atoms with E-state index in [0.29, 0.717) is 16.6 Å². The van der Waals surface area contributed by atoms with Crippen LogP contribution in [0, 0.1) is 5.92 Å². The number of hydrogen-bond donors (Lipinski definition) is 1. The van der Waals surface area contributed by atoms with E-state index in [4.69, 9.17) is 0 Å². The molecule has 7 heteroatoms. The van der Waals surface area contributed by atoms with Gasteiger partial charge in [-0.15, -0.1) is 11.3 Å². The molecule has 1 aliphatic carbocycles. The summed E-state index contributed by atoms with van der Waals surface area (Å²) in [5.41, 5.74) is 4.64. The molecule has 6 nitrogen and oxygen atoms in total. The zero-order valence-corrected chi connectivity index (χ0v) is 18.0. The van der Waals surface area contributed by atoms with E-state index in [2.05, 4.69) is 27.4 Å². The van der Waals surface area contributed by atoms with Crippen molar-refractivity contribution in [1.29, 1.82) is 0 Å². The van der Waals surface area contributed by atoms with Crippen LogP contribution < -0.4 is 10.2 Å². The van der Waals surface area contributed by atoms with Crippen molar-refractivity contribution in [3.05, 3.63) is 59.2 Å². The number of amides is 2. The zero-order chi connectivity index (χ0) is 21.2. The third-order valence-corrected chi connectivity index (χ3v) is 6.89. The fraction of sp³-hybridized carbons (Fsp3) is 0.333. The lowest BCUT2D eigenvalue weighted by atomic mass is 9.96. The number of carbonyl (C=O) groups is 2. The van der Waals surface area contributed by atoms with Gasteiger partial charge in [0.25, 0.3) is 5.91 Å². The monoisotopic (exact) mass is 432 g/mol. The smallest absolute Gasteiger partial charge is 0.257 e. The minimum absolute atomic E-state index is 0.190. The van der Waals surface area contributed by atoms with Crippen LogP contribution in [0.1, 0.15) is 48.0 Å². The Morgan fingerprint density at radius 2 is 1.87 bits per heavy atom. The number of anilines is 2. The average Bonchev–Trinajstić information content (AvgIpc) is 3.51. The Hall–Kier alpha value is -3.06. The van der Waals surface area contributed by atoms with E-state index >= 15 is 0 Å². The van der Waals surface area contributed by atoms with Crippen LogP contribution in [-0.2, 0) is 11.2 Å². The number of fused-ring (bicyclic) bond motifs is 1. The highest BCUT2D eigenvalue weighted by molar-refractivity contribution is 7.14. The Bertz CT molecular complexity index is 1110. The first-order valence-electron chi connectivity index (χ1n) is 10.8. The first-order chi connectivity index (χ1) is 15.2. The lowest BCUT2D eigenvalue weighted by Crippen LogP contribution is -2.39. The standard InChI is InChI=1S/C24H24N4O2S/c29-22(16-9-11-25-12-10-16)27-24-26-20(15-31-24)18-7-8-21-19(14-18)6-3-13-28(21)23(30)17-4-1-2-5-17/h7-12,14-15,17H,1-6,13H2,(H,26,27,29). The molecule has 0 spiro atoms. The van der Waals surface area contributed by atoms with Crippen molar-refractivity contribution in [2.45, 2.75) is 38.5 Å². The Kier molecular flexibility index (Phi) is 5.51. The fourth-order valence-corrected chi connectivity index (χ4v) is 5.23. The molecule has 0 unspecified atom stereocenters. The molecule has 1 fully saturated rings. The summed E-state index contributed by atoms with van der Waals surface area (Å²) in [6.07, 6.45) is 9.52. The number of benzene rings is 1. The van der Waals surface area contributed by atoms with Crippen molar-refractivity contribution in [3.8, 4) is 11.3 Å². The molecule has 158 valence electrons. The van der Waals surface area contributed by atoms with Crippen LogP contribution in [0.25, 0.3) is 11.3 Å². The van der Waals surface area contributed by atoms with Crippen molar-refractivity contribution in [3.63, 3.8) is 0 Å². The second-order valence-electron chi connectivity index (χ2n) is 8.15. The Morgan fingerprint density at radius 1 is 1.06 bits per heavy atom. The average molecular weight is 433 g/mol. The normalized spacial score (nSPS) is 16.2. The van der Waals surface area contributed by atoms with E-state index in [-0.39, 0.29) is 11.8 Å². The molecule has 3 aromatic rings. The number of nitrogens with zero attached hydrogens (tertiary/aromatic N) is 3. The van der Waals surface area contributed by atoms with Crippen molar-refractivity contribution in [2.24, 2.45) is 5.92 Å². The van der Waals surface area contributed by atoms with E-state index in [1.807, 2.05) is 16.3 Å². The number of nitrogens with one attached hydrogen (secondary N) is 1. The molecular weight excluding hydrogens is 408 g/mol. The molecule has 0 atom stereocenters. The maximum atomic E-state index is 13.0. The topological polar surface area (TPSA) is 75.2 Å². The quantitative estimate of drug-likeness (QED) is 0.634. The van der Waals surface area contributed by atoms with Crippen molar-refractivity contribution >= 4 is 34.0 Å². The minimum Gasteiger partial charge on any atom is -0.312 e. The molecule has 1 aromatic carbocycles. The van der Waals surface area contributed by atoms with Gasteiger partial charge < -0.3 is 4.90 Å². The first-order valence-corrected chi connectivity index (χ1v) is 11.7. The number of pyridine rings is 1. The summed E-state index contributed by atoms with van der Waals surface area (Å²) >= 11 is 1.40. The summed E-state index contributed by atoms with van der Waals surface area (Å²) < 4.78 is 0. The zero-order valence-electron chi connectivity index (χ0n) is 17.2. The molecule has 1 aliphatic heterocycles. The summed E-state index contributed by atoms with van der Waals surface area (Å²) in [7, 11) is 0. The van der Waals surface area contributed by atoms with Gasteiger partial charge in [-0.25, -0.2) is 4.98 Å². The summed E-state index contributed by atoms with van der Waals surface area (Å²) in [5.74, 6) is 0.284. The molecule has 0 bridgehead atoms. The molecule has 2 aliphatic rings. The van der Waals surface area contributed by atoms with Gasteiger partial charge in [0.2, 0.25) is 5.91 Å². The Morgan fingerprint density at radius 3 is 2.68 bits per heavy atom. The number of thiazole rings is 1. The van der Waals surface area contributed by atoms with E-state index in [1.54, 1.807) is 24.5 Å². The van der Waals surface area contributed by atoms with Crippen LogP contribution in [0.15, 0.2) is 48.1 Å². The SMILES string of the molecule is O=C(Nc1nc(-c2ccc3c(c2)CCCN3C(=O)C2CCCC2)cs1)c1ccncc1. The maximum absolute atomic E-state index is 13.0. The second kappa shape index (κ2) is 8.59. The minimum atomic E-state index is -0.199. The van der Waals surface area contributed by atoms with Crippen LogP contribution in [0.4, 0.5) is 10.8 Å². The van der Waals surface area contributed by atoms with Crippen molar-refractivity contribution in [1.82, 2.24) is 9.97 Å². The van der Waals surface area contributed by atoms with Crippen LogP contribution in [0.5, 0.6) is 0 Å². The second-order valence-corrected chi connectivity index (χ2v) is 9.00. The van der Waals surface area contributed by atoms with Gasteiger partial charge in [0, 0.05) is 47.1 Å². The molecule has 1 N–H and O–H groups in total. The van der Waals surface area contributed by atoms with Crippen LogP contribution in [0.3, 0.4) is 0 Å². The summed E-state index contributed by atoms with van der Waals surface area (Å²) in [4.78, 5) is 35.9. The number of hydrogen-bond acceptors (Lipinski definition) is 5. The predicted octanol–water partition coefficient (Wildman–Crippen LogP) is 4.93. The molecule has 1 saturated carbocycles. The molecule has 3 heterocycles. The highest BCUT2D eigenvalue weighted by atomic mass is 32.1. The van der Waals surface area contributed by atoms with Gasteiger partial charge in [-0.05, 0) is 55.5 Å². The summed E-state index contributed by atoms with van der Waals surface area (Å²) in [6.45, 7) is 0.809. The highest BCUT2D eigenvalue weighted by Gasteiger charge is 2.30. The van der Waals surface area contributed by atoms with E-state index in [0.717, 1.165) is 49.2 Å². The molecule has 0 radical (unpaired) electrons. The van der Waals surface area contributed by atoms with Crippen molar-refractivity contribution < 1.29 is 9.59 Å². The molecule has 31 heavy (non-hydrogen) atoms. The molecule has 2 amide bonds. The third-order valence-electron chi connectivity index (χ3n) is 6.13. The molecule has 5 rings (SSSR count). The number of aryl methyl sites for hydroxylation is 1. The van der Waals surface area contributed by atoms with Gasteiger partial charge >= 0.3 is 0 Å². The van der Waals surface area contributed by atoms with E-state index in [9.17, 15) is 9.59 Å². The number of carbonyl (C=O) groups excluding carboxylic acids is 2. The third kappa shape index (κ3) is 4.10. The number of rotatable bonds is 4. The van der Waals surface area contributed by atoms with Gasteiger partial charge in [-0.1, -0.05) is 18.9 Å². The van der Waals surface area contributed by atoms with Crippen LogP contribution in [-0.4, -0.2) is 28.3 Å². The van der Waals surface area contributed by atoms with Crippen LogP contribution >= 0.6 is 11.3 Å². The molecular formula is C24H24N4O2S. The maximum Gasteiger partial charge on any atom is 0.257 e. The van der Waals surface area contributed by atoms with E-state index in [1.165, 1.54) is 29.7 Å². The number of aromatic nitrogens is 2. The highest BCUT2D eigenvalue weighted by Crippen LogP contribution is 2.35. The fourth-order valence-electron chi connectivity index (χ4n) is 4.51. The lowest BCUT2D eigenvalue weighted by Gasteiger charge is -2.31. The van der Waals surface area contributed by atoms with Gasteiger partial charge in [-0.2, -0.15) is 0 Å². The van der Waals surface area contributed by atoms with Gasteiger partial charge in [0.1, 0.15) is 0 Å². The Balaban J connectivity index is 1.34. The van der Waals surface area contributed by atoms with Gasteiger partial charge in [-0.3, -0.25) is 19.9 Å². The summed E-state index contributed by atoms with van der Waals surface area (Å²) in [5, 5.41) is 5.37. The predicted molar refractivity (Wildman–Crippen MR) is 122 cm³/mol. The van der Waals surface area contributed by atoms with Crippen molar-refractivity contribution in [2.75, 3.05) is 16.8 Å². The van der Waals surface area contributed by atoms with Crippen LogP contribution in [0.2, 0.25) is 0 Å².